The van der Waals surface area contributed by atoms with Crippen molar-refractivity contribution >= 4 is 47.6 Å². The first-order valence-electron chi connectivity index (χ1n) is 16.8. The molecule has 1 aromatic carbocycles. The molecule has 2 rings (SSSR count). The van der Waals surface area contributed by atoms with Gasteiger partial charge in [-0.15, -0.1) is 0 Å². The number of nitrogens with two attached hydrogens (primary N) is 2. The zero-order chi connectivity index (χ0) is 40.4. The van der Waals surface area contributed by atoms with Crippen LogP contribution in [0.2, 0.25) is 0 Å². The maximum Gasteiger partial charge on any atom is 0.245 e. The predicted octanol–water partition coefficient (Wildman–Crippen LogP) is -5.72. The molecule has 0 saturated heterocycles. The molecule has 14 N–H and O–H groups in total. The highest BCUT2D eigenvalue weighted by Crippen LogP contribution is 2.06. The molecule has 2 aromatic rings. The van der Waals surface area contributed by atoms with Crippen LogP contribution in [0, 0.1) is 0 Å². The monoisotopic (exact) mass is 760 g/mol. The number of carbonyl (C=O) groups excluding carboxylic acids is 8. The maximum absolute atomic E-state index is 13.3. The molecular weight excluding hydrogens is 712 g/mol. The fourth-order valence-electron chi connectivity index (χ4n) is 4.80. The number of aromatic nitrogens is 2. The largest absolute Gasteiger partial charge is 0.394 e. The van der Waals surface area contributed by atoms with Crippen molar-refractivity contribution in [3.05, 3.63) is 54.1 Å². The Balaban J connectivity index is 2.09. The van der Waals surface area contributed by atoms with Gasteiger partial charge in [0.25, 0.3) is 0 Å². The van der Waals surface area contributed by atoms with Gasteiger partial charge < -0.3 is 68.5 Å². The van der Waals surface area contributed by atoms with Gasteiger partial charge in [0.15, 0.2) is 0 Å². The molecule has 1 heterocycles. The van der Waals surface area contributed by atoms with Crippen LogP contribution in [-0.2, 0) is 51.2 Å². The summed E-state index contributed by atoms with van der Waals surface area (Å²) in [5.74, 6) is -6.47. The predicted molar refractivity (Wildman–Crippen MR) is 188 cm³/mol. The lowest BCUT2D eigenvalue weighted by molar-refractivity contribution is -0.135. The van der Waals surface area contributed by atoms with Crippen LogP contribution >= 0.6 is 0 Å². The molecule has 21 nitrogen and oxygen atoms in total. The lowest BCUT2D eigenvalue weighted by Crippen LogP contribution is -2.60. The summed E-state index contributed by atoms with van der Waals surface area (Å²) < 4.78 is 0. The summed E-state index contributed by atoms with van der Waals surface area (Å²) in [7, 11) is 0. The van der Waals surface area contributed by atoms with E-state index >= 15 is 0 Å². The Morgan fingerprint density at radius 1 is 0.815 bits per heavy atom. The number of rotatable bonds is 23. The molecule has 0 fully saturated rings. The molecule has 0 aliphatic carbocycles. The van der Waals surface area contributed by atoms with Gasteiger partial charge in [0, 0.05) is 31.2 Å². The van der Waals surface area contributed by atoms with Crippen molar-refractivity contribution in [2.24, 2.45) is 11.5 Å². The van der Waals surface area contributed by atoms with Gasteiger partial charge in [-0.1, -0.05) is 30.3 Å². The zero-order valence-corrected chi connectivity index (χ0v) is 29.7. The molecule has 1 aromatic heterocycles. The van der Waals surface area contributed by atoms with E-state index < -0.39 is 103 Å². The molecule has 54 heavy (non-hydrogen) atoms. The molecule has 0 unspecified atom stereocenters. The fraction of sp³-hybridized carbons (Fsp3) is 0.485. The molecule has 7 amide bonds. The van der Waals surface area contributed by atoms with E-state index in [1.165, 1.54) is 26.4 Å². The number of H-pyrrole nitrogens is 1. The summed E-state index contributed by atoms with van der Waals surface area (Å²) in [6.07, 6.45) is -0.387. The van der Waals surface area contributed by atoms with Crippen molar-refractivity contribution in [1.82, 2.24) is 41.9 Å². The fourth-order valence-corrected chi connectivity index (χ4v) is 4.80. The number of aromatic amines is 1. The summed E-state index contributed by atoms with van der Waals surface area (Å²) in [6, 6.07) is 0.00249. The number of hydrogen-bond acceptors (Lipinski definition) is 13. The highest BCUT2D eigenvalue weighted by molar-refractivity contribution is 5.96. The number of carbonyl (C=O) groups is 8. The lowest BCUT2D eigenvalue weighted by Gasteiger charge is -2.26. The number of nitrogens with zero attached hydrogens (tertiary/aromatic N) is 1. The first-order valence-corrected chi connectivity index (χ1v) is 16.8. The molecule has 21 heteroatoms. The van der Waals surface area contributed by atoms with E-state index in [2.05, 4.69) is 41.9 Å². The molecule has 0 spiro atoms. The Labute approximate surface area is 309 Å². The Bertz CT molecular complexity index is 1570. The number of amides is 7. The molecule has 8 atom stereocenters. The van der Waals surface area contributed by atoms with E-state index in [1.54, 1.807) is 30.3 Å². The van der Waals surface area contributed by atoms with Crippen molar-refractivity contribution in [3.8, 4) is 0 Å². The van der Waals surface area contributed by atoms with Gasteiger partial charge in [0.2, 0.25) is 41.4 Å². The number of nitrogens with one attached hydrogen (secondary N) is 7. The standard InChI is InChI=1S/C33H48N10O11/c1-17(46)24(14-44)41-31(52)23(10-19-6-4-3-5-7-19)40-33(54)28(18(2)47)43-27(49)13-37-30(51)22(8-9-26(35)48)39-32(53)25(15-45)42-29(50)21(34)11-20-12-36-16-38-20/h3-7,12,14,16-18,21-25,28,45-47H,8-11,13,15,34H2,1-2H3,(H2,35,48)(H,36,38)(H,37,51)(H,39,53)(H,40,54)(H,41,52)(H,42,50)(H,43,49)/t17-,18-,21+,22+,23+,24-,25+,28+/m1/s1. The summed E-state index contributed by atoms with van der Waals surface area (Å²) in [5, 5.41) is 43.7. The van der Waals surface area contributed by atoms with Gasteiger partial charge >= 0.3 is 0 Å². The third-order valence-electron chi connectivity index (χ3n) is 7.85. The summed E-state index contributed by atoms with van der Waals surface area (Å²) in [6.45, 7) is 0.769. The van der Waals surface area contributed by atoms with Crippen LogP contribution < -0.4 is 43.4 Å². The molecule has 0 radical (unpaired) electrons. The SMILES string of the molecule is C[C@@H](O)[C@H](NC(=O)CNC(=O)[C@H](CCC(N)=O)NC(=O)[C@H](CO)NC(=O)[C@@H](N)Cc1cnc[nH]1)C(=O)N[C@@H](Cc1ccccc1)C(=O)N[C@H](C=O)[C@@H](C)O. The number of benzene rings is 1. The lowest BCUT2D eigenvalue weighted by atomic mass is 10.0. The van der Waals surface area contributed by atoms with E-state index in [-0.39, 0.29) is 25.7 Å². The number of imidazole rings is 1. The van der Waals surface area contributed by atoms with Gasteiger partial charge in [0.1, 0.15) is 36.5 Å². The van der Waals surface area contributed by atoms with Gasteiger partial charge in [-0.25, -0.2) is 4.98 Å². The van der Waals surface area contributed by atoms with Crippen molar-refractivity contribution in [1.29, 1.82) is 0 Å². The second-order valence-electron chi connectivity index (χ2n) is 12.4. The Morgan fingerprint density at radius 2 is 1.44 bits per heavy atom. The normalized spacial score (nSPS) is 15.4. The van der Waals surface area contributed by atoms with Crippen LogP contribution in [0.25, 0.3) is 0 Å². The van der Waals surface area contributed by atoms with E-state index in [0.29, 0.717) is 17.5 Å². The number of aldehydes is 1. The average Bonchev–Trinajstić information content (AvgIpc) is 3.64. The Hall–Kier alpha value is -5.77. The van der Waals surface area contributed by atoms with Crippen LogP contribution in [0.4, 0.5) is 0 Å². The molecular formula is C33H48N10O11. The minimum absolute atomic E-state index is 0.0320. The minimum atomic E-state index is -1.65. The molecule has 0 aliphatic heterocycles. The molecule has 0 saturated carbocycles. The zero-order valence-electron chi connectivity index (χ0n) is 29.7. The quantitative estimate of drug-likeness (QED) is 0.0471. The molecule has 296 valence electrons. The highest BCUT2D eigenvalue weighted by Gasteiger charge is 2.32. The highest BCUT2D eigenvalue weighted by atomic mass is 16.3. The second kappa shape index (κ2) is 22.3. The topological polar surface area (TPSA) is 350 Å². The third-order valence-corrected chi connectivity index (χ3v) is 7.85. The summed E-state index contributed by atoms with van der Waals surface area (Å²) in [4.78, 5) is 107. The maximum atomic E-state index is 13.3. The number of aliphatic hydroxyl groups is 3. The van der Waals surface area contributed by atoms with Crippen LogP contribution in [0.1, 0.15) is 37.9 Å². The van der Waals surface area contributed by atoms with Gasteiger partial charge in [0.05, 0.1) is 37.7 Å². The Morgan fingerprint density at radius 3 is 2.00 bits per heavy atom. The van der Waals surface area contributed by atoms with Crippen molar-refractivity contribution in [3.63, 3.8) is 0 Å². The van der Waals surface area contributed by atoms with Crippen molar-refractivity contribution in [2.75, 3.05) is 13.2 Å². The summed E-state index contributed by atoms with van der Waals surface area (Å²) in [5.41, 5.74) is 12.2. The van der Waals surface area contributed by atoms with E-state index in [9.17, 15) is 53.7 Å². The minimum Gasteiger partial charge on any atom is -0.394 e. The van der Waals surface area contributed by atoms with Crippen molar-refractivity contribution < 1.29 is 53.7 Å². The third kappa shape index (κ3) is 15.1. The first-order chi connectivity index (χ1) is 25.6. The summed E-state index contributed by atoms with van der Waals surface area (Å²) >= 11 is 0. The second-order valence-corrected chi connectivity index (χ2v) is 12.4. The van der Waals surface area contributed by atoms with Gasteiger partial charge in [-0.05, 0) is 25.8 Å². The van der Waals surface area contributed by atoms with Crippen LogP contribution in [-0.4, -0.2) is 135 Å². The van der Waals surface area contributed by atoms with Gasteiger partial charge in [-0.2, -0.15) is 0 Å². The van der Waals surface area contributed by atoms with Crippen LogP contribution in [0.5, 0.6) is 0 Å². The average molecular weight is 761 g/mol. The van der Waals surface area contributed by atoms with E-state index in [1.807, 2.05) is 0 Å². The Kier molecular flexibility index (Phi) is 18.4. The number of hydrogen-bond donors (Lipinski definition) is 12. The van der Waals surface area contributed by atoms with Gasteiger partial charge in [-0.3, -0.25) is 33.6 Å². The van der Waals surface area contributed by atoms with Crippen LogP contribution in [0.3, 0.4) is 0 Å². The van der Waals surface area contributed by atoms with Crippen molar-refractivity contribution in [2.45, 2.75) is 88.0 Å². The number of aliphatic hydroxyl groups excluding tert-OH is 3. The van der Waals surface area contributed by atoms with E-state index in [4.69, 9.17) is 11.5 Å². The molecule has 0 bridgehead atoms. The molecule has 0 aliphatic rings. The van der Waals surface area contributed by atoms with Crippen LogP contribution in [0.15, 0.2) is 42.9 Å². The smallest absolute Gasteiger partial charge is 0.245 e. The number of primary amides is 1. The van der Waals surface area contributed by atoms with E-state index in [0.717, 1.165) is 0 Å². The first kappa shape index (κ1) is 44.4.